The van der Waals surface area contributed by atoms with E-state index in [4.69, 9.17) is 4.74 Å². The molecule has 0 saturated carbocycles. The monoisotopic (exact) mass is 315 g/mol. The second-order valence-electron chi connectivity index (χ2n) is 5.44. The van der Waals surface area contributed by atoms with Gasteiger partial charge >= 0.3 is 5.97 Å². The molecule has 122 valence electrons. The Morgan fingerprint density at radius 2 is 2.00 bits per heavy atom. The van der Waals surface area contributed by atoms with Gasteiger partial charge < -0.3 is 10.1 Å². The van der Waals surface area contributed by atoms with Crippen LogP contribution in [0.5, 0.6) is 0 Å². The van der Waals surface area contributed by atoms with Crippen LogP contribution in [0.1, 0.15) is 51.0 Å². The Hall–Kier alpha value is -2.63. The maximum Gasteiger partial charge on any atom is 0.338 e. The smallest absolute Gasteiger partial charge is 0.338 e. The van der Waals surface area contributed by atoms with Crippen LogP contribution >= 0.6 is 0 Å². The largest absolute Gasteiger partial charge is 0.465 e. The maximum absolute atomic E-state index is 12.3. The van der Waals surface area contributed by atoms with Crippen LogP contribution in [0.2, 0.25) is 0 Å². The number of aromatic nitrogens is 2. The van der Waals surface area contributed by atoms with Crippen LogP contribution < -0.4 is 5.32 Å². The van der Waals surface area contributed by atoms with E-state index in [0.717, 1.165) is 29.7 Å². The maximum atomic E-state index is 12.3. The van der Waals surface area contributed by atoms with Gasteiger partial charge in [0, 0.05) is 11.4 Å². The number of carbonyl (C=O) groups is 2. The number of nitrogens with zero attached hydrogens (tertiary/aromatic N) is 1. The number of hydrogen-bond donors (Lipinski definition) is 2. The number of benzene rings is 1. The van der Waals surface area contributed by atoms with Gasteiger partial charge in [0.25, 0.3) is 5.91 Å². The molecular weight excluding hydrogens is 294 g/mol. The van der Waals surface area contributed by atoms with Crippen molar-refractivity contribution >= 4 is 17.6 Å². The lowest BCUT2D eigenvalue weighted by Gasteiger charge is -2.11. The minimum atomic E-state index is -0.424. The standard InChI is InChI=1S/C17H21N3O3/c1-5-6-12-9-15(20-19-12)16(21)18-13-7-10(2)11(3)14(8-13)17(22)23-4/h7-9H,5-6H2,1-4H3,(H,18,21)(H,19,20). The molecular formula is C17H21N3O3. The number of ether oxygens (including phenoxy) is 1. The first-order valence-electron chi connectivity index (χ1n) is 7.51. The summed E-state index contributed by atoms with van der Waals surface area (Å²) < 4.78 is 4.78. The zero-order chi connectivity index (χ0) is 17.0. The van der Waals surface area contributed by atoms with Gasteiger partial charge in [-0.3, -0.25) is 9.89 Å². The van der Waals surface area contributed by atoms with E-state index in [9.17, 15) is 9.59 Å². The molecule has 0 aliphatic rings. The summed E-state index contributed by atoms with van der Waals surface area (Å²) in [4.78, 5) is 24.1. The van der Waals surface area contributed by atoms with Crippen molar-refractivity contribution in [3.8, 4) is 0 Å². The van der Waals surface area contributed by atoms with Crippen LogP contribution in [0.15, 0.2) is 18.2 Å². The van der Waals surface area contributed by atoms with Crippen LogP contribution in [0.4, 0.5) is 5.69 Å². The van der Waals surface area contributed by atoms with Crippen molar-refractivity contribution < 1.29 is 14.3 Å². The molecule has 0 aliphatic carbocycles. The summed E-state index contributed by atoms with van der Waals surface area (Å²) in [6, 6.07) is 5.17. The summed E-state index contributed by atoms with van der Waals surface area (Å²) in [5, 5.41) is 9.64. The van der Waals surface area contributed by atoms with Crippen molar-refractivity contribution in [1.82, 2.24) is 10.2 Å². The Kier molecular flexibility index (Phi) is 5.16. The molecule has 0 atom stereocenters. The van der Waals surface area contributed by atoms with Crippen LogP contribution in [-0.2, 0) is 11.2 Å². The fourth-order valence-corrected chi connectivity index (χ4v) is 2.32. The summed E-state index contributed by atoms with van der Waals surface area (Å²) in [6.07, 6.45) is 1.82. The molecule has 2 N–H and O–H groups in total. The van der Waals surface area contributed by atoms with Crippen LogP contribution in [0.3, 0.4) is 0 Å². The summed E-state index contributed by atoms with van der Waals surface area (Å²) in [5.74, 6) is -0.741. The second-order valence-corrected chi connectivity index (χ2v) is 5.44. The quantitative estimate of drug-likeness (QED) is 0.831. The van der Waals surface area contributed by atoms with Crippen LogP contribution in [-0.4, -0.2) is 29.2 Å². The molecule has 23 heavy (non-hydrogen) atoms. The van der Waals surface area contributed by atoms with E-state index in [1.807, 2.05) is 19.9 Å². The van der Waals surface area contributed by atoms with E-state index in [0.29, 0.717) is 16.9 Å². The first-order chi connectivity index (χ1) is 11.0. The van der Waals surface area contributed by atoms with E-state index >= 15 is 0 Å². The summed E-state index contributed by atoms with van der Waals surface area (Å²) in [5.41, 5.74) is 3.96. The Balaban J connectivity index is 2.23. The third-order valence-corrected chi connectivity index (χ3v) is 3.71. The number of amides is 1. The predicted octanol–water partition coefficient (Wildman–Crippen LogP) is 3.02. The molecule has 0 unspecified atom stereocenters. The number of H-pyrrole nitrogens is 1. The first-order valence-corrected chi connectivity index (χ1v) is 7.51. The van der Waals surface area contributed by atoms with Gasteiger partial charge in [-0.2, -0.15) is 5.10 Å². The Bertz CT molecular complexity index is 735. The molecule has 0 spiro atoms. The Morgan fingerprint density at radius 1 is 1.26 bits per heavy atom. The molecule has 2 rings (SSSR count). The molecule has 6 heteroatoms. The molecule has 1 aromatic carbocycles. The van der Waals surface area contributed by atoms with Crippen molar-refractivity contribution in [2.45, 2.75) is 33.6 Å². The van der Waals surface area contributed by atoms with E-state index in [2.05, 4.69) is 22.4 Å². The average molecular weight is 315 g/mol. The number of methoxy groups -OCH3 is 1. The number of rotatable bonds is 5. The molecule has 1 heterocycles. The van der Waals surface area contributed by atoms with Gasteiger partial charge in [0.1, 0.15) is 0 Å². The number of carbonyl (C=O) groups excluding carboxylic acids is 2. The summed E-state index contributed by atoms with van der Waals surface area (Å²) in [6.45, 7) is 5.78. The summed E-state index contributed by atoms with van der Waals surface area (Å²) >= 11 is 0. The number of hydrogen-bond acceptors (Lipinski definition) is 4. The molecule has 0 radical (unpaired) electrons. The van der Waals surface area contributed by atoms with Gasteiger partial charge in [-0.15, -0.1) is 0 Å². The van der Waals surface area contributed by atoms with Gasteiger partial charge in [-0.1, -0.05) is 13.3 Å². The van der Waals surface area contributed by atoms with Gasteiger partial charge in [0.15, 0.2) is 5.69 Å². The highest BCUT2D eigenvalue weighted by Gasteiger charge is 2.15. The SMILES string of the molecule is CCCc1cc(C(=O)Nc2cc(C)c(C)c(C(=O)OC)c2)n[nH]1. The number of aromatic amines is 1. The Labute approximate surface area is 135 Å². The second kappa shape index (κ2) is 7.09. The minimum absolute atomic E-state index is 0.317. The number of aryl methyl sites for hydroxylation is 2. The normalized spacial score (nSPS) is 10.4. The van der Waals surface area contributed by atoms with Gasteiger partial charge in [0.2, 0.25) is 0 Å². The molecule has 0 bridgehead atoms. The topological polar surface area (TPSA) is 84.1 Å². The molecule has 2 aromatic rings. The van der Waals surface area contributed by atoms with Crippen molar-refractivity contribution in [1.29, 1.82) is 0 Å². The average Bonchev–Trinajstić information content (AvgIpc) is 2.99. The van der Waals surface area contributed by atoms with E-state index < -0.39 is 5.97 Å². The first kappa shape index (κ1) is 16.7. The lowest BCUT2D eigenvalue weighted by Crippen LogP contribution is -2.14. The lowest BCUT2D eigenvalue weighted by molar-refractivity contribution is 0.0599. The molecule has 6 nitrogen and oxygen atoms in total. The molecule has 1 amide bonds. The summed E-state index contributed by atoms with van der Waals surface area (Å²) in [7, 11) is 1.33. The van der Waals surface area contributed by atoms with E-state index in [1.165, 1.54) is 7.11 Å². The minimum Gasteiger partial charge on any atom is -0.465 e. The highest BCUT2D eigenvalue weighted by molar-refractivity contribution is 6.04. The number of esters is 1. The van der Waals surface area contributed by atoms with Crippen LogP contribution in [0, 0.1) is 13.8 Å². The van der Waals surface area contributed by atoms with Crippen molar-refractivity contribution in [3.63, 3.8) is 0 Å². The highest BCUT2D eigenvalue weighted by Crippen LogP contribution is 2.21. The molecule has 0 saturated heterocycles. The fraction of sp³-hybridized carbons (Fsp3) is 0.353. The van der Waals surface area contributed by atoms with Crippen molar-refractivity contribution in [3.05, 3.63) is 46.3 Å². The molecule has 0 aliphatic heterocycles. The van der Waals surface area contributed by atoms with E-state index in [-0.39, 0.29) is 5.91 Å². The van der Waals surface area contributed by atoms with Crippen molar-refractivity contribution in [2.24, 2.45) is 0 Å². The van der Waals surface area contributed by atoms with Crippen molar-refractivity contribution in [2.75, 3.05) is 12.4 Å². The number of anilines is 1. The Morgan fingerprint density at radius 3 is 2.65 bits per heavy atom. The van der Waals surface area contributed by atoms with Gasteiger partial charge in [-0.25, -0.2) is 4.79 Å². The van der Waals surface area contributed by atoms with Crippen LogP contribution in [0.25, 0.3) is 0 Å². The zero-order valence-corrected chi connectivity index (χ0v) is 13.8. The predicted molar refractivity (Wildman–Crippen MR) is 87.8 cm³/mol. The molecule has 0 fully saturated rings. The van der Waals surface area contributed by atoms with E-state index in [1.54, 1.807) is 12.1 Å². The third kappa shape index (κ3) is 3.77. The zero-order valence-electron chi connectivity index (χ0n) is 13.8. The number of nitrogens with one attached hydrogen (secondary N) is 2. The third-order valence-electron chi connectivity index (χ3n) is 3.71. The highest BCUT2D eigenvalue weighted by atomic mass is 16.5. The fourth-order valence-electron chi connectivity index (χ4n) is 2.32. The van der Waals surface area contributed by atoms with Gasteiger partial charge in [0.05, 0.1) is 12.7 Å². The van der Waals surface area contributed by atoms with Gasteiger partial charge in [-0.05, 0) is 49.6 Å². The molecule has 1 aromatic heterocycles. The lowest BCUT2D eigenvalue weighted by atomic mass is 10.0.